The van der Waals surface area contributed by atoms with Crippen LogP contribution in [0.1, 0.15) is 29.8 Å². The maximum absolute atomic E-state index is 13.7. The summed E-state index contributed by atoms with van der Waals surface area (Å²) < 4.78 is 19.9. The number of benzene rings is 2. The van der Waals surface area contributed by atoms with E-state index in [0.717, 1.165) is 17.8 Å². The molecule has 172 valence electrons. The third kappa shape index (κ3) is 3.86. The largest absolute Gasteiger partial charge is 0.507 e. The van der Waals surface area contributed by atoms with E-state index in [9.17, 15) is 19.1 Å². The van der Waals surface area contributed by atoms with Crippen molar-refractivity contribution in [1.82, 2.24) is 4.98 Å². The van der Waals surface area contributed by atoms with Crippen molar-refractivity contribution in [2.24, 2.45) is 0 Å². The molecule has 1 aliphatic heterocycles. The SMILES string of the molecule is CCCOc1cccc(/C(O)=C2\C(=O)C(=O)N(c3nc4ccc(F)cc4s3)C2c2cccs2)c1. The van der Waals surface area contributed by atoms with Gasteiger partial charge >= 0.3 is 5.91 Å². The molecule has 1 unspecified atom stereocenters. The molecule has 2 aromatic carbocycles. The third-order valence-corrected chi connectivity index (χ3v) is 7.32. The molecule has 2 aromatic heterocycles. The molecular weight excluding hydrogens is 475 g/mol. The molecule has 0 bridgehead atoms. The number of anilines is 1. The number of ketones is 1. The highest BCUT2D eigenvalue weighted by atomic mass is 32.1. The van der Waals surface area contributed by atoms with Crippen molar-refractivity contribution < 1.29 is 23.8 Å². The van der Waals surface area contributed by atoms with Gasteiger partial charge in [-0.05, 0) is 48.2 Å². The van der Waals surface area contributed by atoms with Crippen molar-refractivity contribution >= 4 is 55.5 Å². The van der Waals surface area contributed by atoms with E-state index < -0.39 is 23.5 Å². The maximum atomic E-state index is 13.7. The Morgan fingerprint density at radius 1 is 1.18 bits per heavy atom. The number of thiophene rings is 1. The van der Waals surface area contributed by atoms with Gasteiger partial charge in [0.15, 0.2) is 5.13 Å². The van der Waals surface area contributed by atoms with Gasteiger partial charge < -0.3 is 9.84 Å². The van der Waals surface area contributed by atoms with Gasteiger partial charge in [0.2, 0.25) is 0 Å². The summed E-state index contributed by atoms with van der Waals surface area (Å²) >= 11 is 2.48. The molecule has 6 nitrogen and oxygen atoms in total. The van der Waals surface area contributed by atoms with E-state index in [4.69, 9.17) is 4.74 Å². The summed E-state index contributed by atoms with van der Waals surface area (Å²) in [5.41, 5.74) is 0.874. The molecule has 5 rings (SSSR count). The molecule has 1 N–H and O–H groups in total. The zero-order valence-electron chi connectivity index (χ0n) is 18.0. The summed E-state index contributed by atoms with van der Waals surface area (Å²) in [4.78, 5) is 32.9. The molecule has 34 heavy (non-hydrogen) atoms. The highest BCUT2D eigenvalue weighted by molar-refractivity contribution is 7.22. The maximum Gasteiger partial charge on any atom is 0.301 e. The van der Waals surface area contributed by atoms with E-state index >= 15 is 0 Å². The van der Waals surface area contributed by atoms with Gasteiger partial charge in [-0.3, -0.25) is 14.5 Å². The van der Waals surface area contributed by atoms with Gasteiger partial charge in [-0.15, -0.1) is 11.3 Å². The summed E-state index contributed by atoms with van der Waals surface area (Å²) in [6.45, 7) is 2.50. The van der Waals surface area contributed by atoms with Crippen LogP contribution < -0.4 is 9.64 Å². The average Bonchev–Trinajstić information content (AvgIpc) is 3.56. The molecule has 0 spiro atoms. The fourth-order valence-corrected chi connectivity index (χ4v) is 5.68. The molecule has 1 amide bonds. The normalized spacial score (nSPS) is 17.6. The van der Waals surface area contributed by atoms with Crippen LogP contribution in [0.3, 0.4) is 0 Å². The van der Waals surface area contributed by atoms with Crippen LogP contribution in [0.5, 0.6) is 5.75 Å². The van der Waals surface area contributed by atoms with E-state index in [1.807, 2.05) is 18.4 Å². The molecule has 1 fully saturated rings. The van der Waals surface area contributed by atoms with Crippen molar-refractivity contribution in [3.8, 4) is 5.75 Å². The number of Topliss-reactive ketones (excluding diaryl/α,β-unsaturated/α-hetero) is 1. The molecule has 0 radical (unpaired) electrons. The number of halogens is 1. The molecule has 3 heterocycles. The Morgan fingerprint density at radius 3 is 2.79 bits per heavy atom. The first kappa shape index (κ1) is 22.2. The summed E-state index contributed by atoms with van der Waals surface area (Å²) in [7, 11) is 0. The molecule has 0 aliphatic carbocycles. The Morgan fingerprint density at radius 2 is 2.03 bits per heavy atom. The molecule has 1 saturated heterocycles. The molecule has 0 saturated carbocycles. The summed E-state index contributed by atoms with van der Waals surface area (Å²) in [5.74, 6) is -1.74. The number of carbonyl (C=O) groups excluding carboxylic acids is 2. The van der Waals surface area contributed by atoms with Gasteiger partial charge in [-0.25, -0.2) is 9.37 Å². The number of hydrogen-bond donors (Lipinski definition) is 1. The van der Waals surface area contributed by atoms with Crippen LogP contribution >= 0.6 is 22.7 Å². The molecule has 1 atom stereocenters. The monoisotopic (exact) mass is 494 g/mol. The van der Waals surface area contributed by atoms with Gasteiger partial charge in [-0.2, -0.15) is 0 Å². The highest BCUT2D eigenvalue weighted by Crippen LogP contribution is 2.45. The fraction of sp³-hybridized carbons (Fsp3) is 0.160. The predicted molar refractivity (Wildman–Crippen MR) is 131 cm³/mol. The van der Waals surface area contributed by atoms with Gasteiger partial charge in [0.25, 0.3) is 5.78 Å². The van der Waals surface area contributed by atoms with Crippen molar-refractivity contribution in [3.63, 3.8) is 0 Å². The molecular formula is C25H19FN2O4S2. The van der Waals surface area contributed by atoms with Crippen LogP contribution in [0.15, 0.2) is 65.6 Å². The van der Waals surface area contributed by atoms with Crippen molar-refractivity contribution in [2.75, 3.05) is 11.5 Å². The van der Waals surface area contributed by atoms with Crippen molar-refractivity contribution in [3.05, 3.63) is 81.8 Å². The van der Waals surface area contributed by atoms with E-state index in [1.165, 1.54) is 34.4 Å². The number of rotatable bonds is 6. The number of amides is 1. The van der Waals surface area contributed by atoms with Crippen LogP contribution in [0, 0.1) is 5.82 Å². The average molecular weight is 495 g/mol. The first-order valence-corrected chi connectivity index (χ1v) is 12.3. The van der Waals surface area contributed by atoms with Gasteiger partial charge in [0, 0.05) is 10.4 Å². The van der Waals surface area contributed by atoms with Gasteiger partial charge in [0.05, 0.1) is 22.4 Å². The van der Waals surface area contributed by atoms with Crippen LogP contribution in [-0.2, 0) is 9.59 Å². The van der Waals surface area contributed by atoms with Crippen LogP contribution in [0.4, 0.5) is 9.52 Å². The Labute approximate surface area is 202 Å². The minimum atomic E-state index is -0.856. The lowest BCUT2D eigenvalue weighted by Gasteiger charge is -2.21. The lowest BCUT2D eigenvalue weighted by Crippen LogP contribution is -2.28. The Bertz CT molecular complexity index is 1430. The van der Waals surface area contributed by atoms with E-state index in [1.54, 1.807) is 30.3 Å². The van der Waals surface area contributed by atoms with Crippen LogP contribution in [-0.4, -0.2) is 28.4 Å². The van der Waals surface area contributed by atoms with Crippen LogP contribution in [0.25, 0.3) is 16.0 Å². The zero-order valence-corrected chi connectivity index (χ0v) is 19.7. The number of thiazole rings is 1. The number of aliphatic hydroxyl groups is 1. The minimum absolute atomic E-state index is 0.0227. The second-order valence-corrected chi connectivity index (χ2v) is 9.66. The Hall–Kier alpha value is -3.56. The standard InChI is InChI=1S/C25H19FN2O4S2/c1-2-10-32-16-6-3-5-14(12-16)22(29)20-21(18-7-4-11-33-18)28(24(31)23(20)30)25-27-17-9-8-15(26)13-19(17)34-25/h3-9,11-13,21,29H,2,10H2,1H3/b22-20+. The Balaban J connectivity index is 1.65. The predicted octanol–water partition coefficient (Wildman–Crippen LogP) is 5.91. The Kier molecular flexibility index (Phi) is 5.89. The van der Waals surface area contributed by atoms with Crippen molar-refractivity contribution in [1.29, 1.82) is 0 Å². The van der Waals surface area contributed by atoms with E-state index in [2.05, 4.69) is 4.98 Å². The lowest BCUT2D eigenvalue weighted by atomic mass is 10.00. The number of aliphatic hydroxyl groups excluding tert-OH is 1. The zero-order chi connectivity index (χ0) is 23.8. The van der Waals surface area contributed by atoms with E-state index in [0.29, 0.717) is 33.0 Å². The van der Waals surface area contributed by atoms with Gasteiger partial charge in [0.1, 0.15) is 23.4 Å². The summed E-state index contributed by atoms with van der Waals surface area (Å²) in [6.07, 6.45) is 0.825. The number of carbonyl (C=O) groups is 2. The second kappa shape index (κ2) is 9.00. The lowest BCUT2D eigenvalue weighted by molar-refractivity contribution is -0.132. The van der Waals surface area contributed by atoms with E-state index in [-0.39, 0.29) is 16.5 Å². The third-order valence-electron chi connectivity index (χ3n) is 5.38. The molecule has 4 aromatic rings. The quantitative estimate of drug-likeness (QED) is 0.205. The topological polar surface area (TPSA) is 79.7 Å². The number of aromatic nitrogens is 1. The first-order chi connectivity index (χ1) is 16.5. The highest BCUT2D eigenvalue weighted by Gasteiger charge is 2.48. The molecule has 1 aliphatic rings. The number of hydrogen-bond acceptors (Lipinski definition) is 7. The fourth-order valence-electron chi connectivity index (χ4n) is 3.84. The second-order valence-electron chi connectivity index (χ2n) is 7.67. The minimum Gasteiger partial charge on any atom is -0.507 e. The number of ether oxygens (including phenoxy) is 1. The molecule has 9 heteroatoms. The summed E-state index contributed by atoms with van der Waals surface area (Å²) in [6, 6.07) is 13.7. The number of nitrogens with zero attached hydrogens (tertiary/aromatic N) is 2. The summed E-state index contributed by atoms with van der Waals surface area (Å²) in [5, 5.41) is 13.3. The van der Waals surface area contributed by atoms with Crippen LogP contribution in [0.2, 0.25) is 0 Å². The number of fused-ring (bicyclic) bond motifs is 1. The smallest absolute Gasteiger partial charge is 0.301 e. The van der Waals surface area contributed by atoms with Gasteiger partial charge in [-0.1, -0.05) is 36.5 Å². The van der Waals surface area contributed by atoms with Crippen molar-refractivity contribution in [2.45, 2.75) is 19.4 Å². The first-order valence-electron chi connectivity index (χ1n) is 10.6.